The average molecular weight is 765 g/mol. The first kappa shape index (κ1) is 51.7. The van der Waals surface area contributed by atoms with Crippen LogP contribution in [0, 0.1) is 16.7 Å². The van der Waals surface area contributed by atoms with E-state index in [1.165, 1.54) is 0 Å². The van der Waals surface area contributed by atoms with Crippen LogP contribution >= 0.6 is 8.58 Å². The molecule has 1 aliphatic rings. The van der Waals surface area contributed by atoms with Crippen LogP contribution in [-0.2, 0) is 29.5 Å². The normalized spacial score (nSPS) is 16.3. The molecule has 1 heterocycles. The Morgan fingerprint density at radius 1 is 0.925 bits per heavy atom. The van der Waals surface area contributed by atoms with Crippen molar-refractivity contribution in [1.82, 2.24) is 26.2 Å². The Balaban J connectivity index is 0. The van der Waals surface area contributed by atoms with Crippen LogP contribution < -0.4 is 27.0 Å². The Bertz CT molecular complexity index is 1270. The molecule has 5 atom stereocenters. The number of carbonyl (C=O) groups excluding carboxylic acids is 6. The maximum absolute atomic E-state index is 12.2. The highest BCUT2D eigenvalue weighted by Gasteiger charge is 2.33. The zero-order chi connectivity index (χ0) is 41.7. The predicted octanol–water partition coefficient (Wildman–Crippen LogP) is 5.72. The summed E-state index contributed by atoms with van der Waals surface area (Å²) >= 11 is 0. The lowest BCUT2D eigenvalue weighted by Crippen LogP contribution is -2.52. The molecule has 304 valence electrons. The minimum atomic E-state index is -0.981. The van der Waals surface area contributed by atoms with Gasteiger partial charge in [-0.3, -0.25) is 24.1 Å². The Kier molecular flexibility index (Phi) is 24.3. The fourth-order valence-corrected chi connectivity index (χ4v) is 5.66. The van der Waals surface area contributed by atoms with Gasteiger partial charge < -0.3 is 31.8 Å². The number of nitrogens with zero attached hydrogens (tertiary/aromatic N) is 1. The fourth-order valence-electron chi connectivity index (χ4n) is 4.33. The van der Waals surface area contributed by atoms with Crippen molar-refractivity contribution in [3.05, 3.63) is 35.9 Å². The van der Waals surface area contributed by atoms with Crippen LogP contribution in [0.4, 0.5) is 4.79 Å². The van der Waals surface area contributed by atoms with Crippen LogP contribution in [0.3, 0.4) is 0 Å². The van der Waals surface area contributed by atoms with E-state index >= 15 is 0 Å². The number of hydrogen-bond acceptors (Lipinski definition) is 7. The van der Waals surface area contributed by atoms with Crippen LogP contribution in [0.15, 0.2) is 30.3 Å². The molecule has 5 unspecified atom stereocenters. The summed E-state index contributed by atoms with van der Waals surface area (Å²) < 4.78 is 0. The summed E-state index contributed by atoms with van der Waals surface area (Å²) in [7, 11) is 2.06. The summed E-state index contributed by atoms with van der Waals surface area (Å²) in [6.45, 7) is 29.3. The van der Waals surface area contributed by atoms with Crippen molar-refractivity contribution in [1.29, 1.82) is 0 Å². The molecule has 12 nitrogen and oxygen atoms in total. The molecule has 1 aromatic rings. The largest absolute Gasteiger partial charge is 0.363 e. The Labute approximate surface area is 322 Å². The molecular weight excluding hydrogens is 691 g/mol. The van der Waals surface area contributed by atoms with Crippen LogP contribution in [0.5, 0.6) is 0 Å². The van der Waals surface area contributed by atoms with Crippen molar-refractivity contribution in [3.63, 3.8) is 0 Å². The second-order valence-electron chi connectivity index (χ2n) is 17.4. The first-order valence-electron chi connectivity index (χ1n) is 18.6. The summed E-state index contributed by atoms with van der Waals surface area (Å²) in [5.74, 6) is -2.11. The van der Waals surface area contributed by atoms with Gasteiger partial charge >= 0.3 is 6.03 Å². The van der Waals surface area contributed by atoms with E-state index < -0.39 is 40.5 Å². The average Bonchev–Trinajstić information content (AvgIpc) is 3.46. The van der Waals surface area contributed by atoms with E-state index in [4.69, 9.17) is 5.73 Å². The van der Waals surface area contributed by atoms with Crippen molar-refractivity contribution in [2.45, 2.75) is 145 Å². The van der Waals surface area contributed by atoms with Crippen molar-refractivity contribution >= 4 is 44.4 Å². The third-order valence-corrected chi connectivity index (χ3v) is 9.11. The van der Waals surface area contributed by atoms with E-state index in [9.17, 15) is 28.8 Å². The molecule has 0 aromatic heterocycles. The lowest BCUT2D eigenvalue weighted by Gasteiger charge is -2.28. The van der Waals surface area contributed by atoms with E-state index in [-0.39, 0.29) is 38.6 Å². The number of likely N-dealkylation sites (tertiary alicyclic amines) is 1. The summed E-state index contributed by atoms with van der Waals surface area (Å²) in [5.41, 5.74) is 5.86. The number of rotatable bonds is 13. The Morgan fingerprint density at radius 3 is 1.83 bits per heavy atom. The fraction of sp³-hybridized carbons (Fsp3) is 0.700. The second-order valence-corrected chi connectivity index (χ2v) is 19.3. The van der Waals surface area contributed by atoms with Crippen molar-refractivity contribution in [2.75, 3.05) is 20.1 Å². The van der Waals surface area contributed by atoms with Gasteiger partial charge in [0.2, 0.25) is 17.6 Å². The monoisotopic (exact) mass is 765 g/mol. The van der Waals surface area contributed by atoms with Gasteiger partial charge in [0.1, 0.15) is 12.1 Å². The van der Waals surface area contributed by atoms with Crippen LogP contribution in [0.1, 0.15) is 122 Å². The van der Waals surface area contributed by atoms with Gasteiger partial charge in [0, 0.05) is 0 Å². The summed E-state index contributed by atoms with van der Waals surface area (Å²) in [6.07, 6.45) is 3.33. The molecule has 13 heteroatoms. The lowest BCUT2D eigenvalue weighted by molar-refractivity contribution is -0.137. The number of urea groups is 1. The van der Waals surface area contributed by atoms with Crippen molar-refractivity contribution in [2.24, 2.45) is 22.5 Å². The Hall–Kier alpha value is -3.37. The standard InChI is InChI=1S/C18H27N3O3.C13H24N3O3P.C5H12.C4H10/c1-17(2,3)14(12-22)20-16(24)19-11-15(23)21-18(4,5)13-9-7-6-8-10-13;1-4-8(2)20-13(10(17)11(14)18)15-12(19)9-6-5-7-16(9)3;1-5(2,3)4;1-4(2)3/h6-10,12,14H,11H2,1-5H3,(H,21,23)(H2,19,20,24);8-9,13,20H,4-7H2,1-3H3,(H2,14,18)(H,15,19);1-4H3;4H,1-3H3. The van der Waals surface area contributed by atoms with Gasteiger partial charge in [0.15, 0.2) is 0 Å². The highest BCUT2D eigenvalue weighted by atomic mass is 31.1. The second kappa shape index (κ2) is 24.8. The number of benzene rings is 1. The van der Waals surface area contributed by atoms with Gasteiger partial charge in [-0.1, -0.05) is 122 Å². The number of amides is 5. The third-order valence-electron chi connectivity index (χ3n) is 7.39. The molecule has 0 spiro atoms. The van der Waals surface area contributed by atoms with Gasteiger partial charge in [-0.05, 0) is 74.7 Å². The molecule has 1 fully saturated rings. The molecule has 53 heavy (non-hydrogen) atoms. The van der Waals surface area contributed by atoms with Gasteiger partial charge in [-0.15, -0.1) is 0 Å². The van der Waals surface area contributed by atoms with Gasteiger partial charge in [-0.25, -0.2) is 4.79 Å². The number of Topliss-reactive ketones (excluding diaryl/α,β-unsaturated/α-hetero) is 1. The van der Waals surface area contributed by atoms with Crippen LogP contribution in [-0.4, -0.2) is 84.4 Å². The van der Waals surface area contributed by atoms with E-state index in [1.54, 1.807) is 0 Å². The third kappa shape index (κ3) is 25.3. The van der Waals surface area contributed by atoms with E-state index in [1.807, 2.05) is 90.7 Å². The van der Waals surface area contributed by atoms with Crippen molar-refractivity contribution in [3.8, 4) is 0 Å². The lowest BCUT2D eigenvalue weighted by atomic mass is 9.88. The number of nitrogens with two attached hydrogens (primary N) is 1. The van der Waals surface area contributed by atoms with Crippen LogP contribution in [0.25, 0.3) is 0 Å². The molecule has 1 aliphatic heterocycles. The van der Waals surface area contributed by atoms with E-state index in [2.05, 4.69) is 69.7 Å². The number of primary amides is 1. The molecule has 0 radical (unpaired) electrons. The van der Waals surface area contributed by atoms with Crippen molar-refractivity contribution < 1.29 is 28.8 Å². The predicted molar refractivity (Wildman–Crippen MR) is 219 cm³/mol. The highest BCUT2D eigenvalue weighted by Crippen LogP contribution is 2.27. The number of likely N-dealkylation sites (N-methyl/N-ethyl adjacent to an activating group) is 1. The minimum absolute atomic E-state index is 0.169. The first-order chi connectivity index (χ1) is 24.2. The molecule has 1 aromatic carbocycles. The summed E-state index contributed by atoms with van der Waals surface area (Å²) in [4.78, 5) is 72.1. The number of carbonyl (C=O) groups is 6. The summed E-state index contributed by atoms with van der Waals surface area (Å²) in [6, 6.07) is 8.20. The first-order valence-corrected chi connectivity index (χ1v) is 19.8. The minimum Gasteiger partial charge on any atom is -0.363 e. The number of nitrogens with one attached hydrogen (secondary N) is 4. The molecular formula is C40H73N6O6P. The SMILES string of the molecule is CC(C)(C)C.CC(C)(NC(=O)CNC(=O)NC(C=O)C(C)(C)C)c1ccccc1.CC(C)C.CCC(C)PC(NC(=O)C1CCCN1C)C(=O)C(N)=O. The zero-order valence-corrected chi connectivity index (χ0v) is 36.4. The topological polar surface area (TPSA) is 180 Å². The Morgan fingerprint density at radius 2 is 1.43 bits per heavy atom. The zero-order valence-electron chi connectivity index (χ0n) is 35.4. The van der Waals surface area contributed by atoms with E-state index in [0.717, 1.165) is 37.3 Å². The van der Waals surface area contributed by atoms with E-state index in [0.29, 0.717) is 11.7 Å². The van der Waals surface area contributed by atoms with Gasteiger partial charge in [-0.2, -0.15) is 0 Å². The van der Waals surface area contributed by atoms with Gasteiger partial charge in [0.05, 0.1) is 24.2 Å². The molecule has 0 bridgehead atoms. The molecule has 1 saturated heterocycles. The maximum Gasteiger partial charge on any atom is 0.315 e. The maximum atomic E-state index is 12.2. The molecule has 0 saturated carbocycles. The number of hydrogen-bond donors (Lipinski definition) is 5. The summed E-state index contributed by atoms with van der Waals surface area (Å²) in [5, 5.41) is 10.6. The number of aldehydes is 1. The number of ketones is 1. The molecule has 6 N–H and O–H groups in total. The van der Waals surface area contributed by atoms with Gasteiger partial charge in [0.25, 0.3) is 5.91 Å². The highest BCUT2D eigenvalue weighted by molar-refractivity contribution is 7.41. The molecule has 0 aliphatic carbocycles. The molecule has 2 rings (SSSR count). The quantitative estimate of drug-likeness (QED) is 0.0968. The molecule has 5 amide bonds. The van der Waals surface area contributed by atoms with Crippen LogP contribution in [0.2, 0.25) is 0 Å². The smallest absolute Gasteiger partial charge is 0.315 e.